The third-order valence-electron chi connectivity index (χ3n) is 3.17. The Labute approximate surface area is 119 Å². The van der Waals surface area contributed by atoms with E-state index < -0.39 is 0 Å². The van der Waals surface area contributed by atoms with Gasteiger partial charge in [-0.1, -0.05) is 13.0 Å². The molecule has 0 saturated carbocycles. The lowest BCUT2D eigenvalue weighted by Crippen LogP contribution is -2.33. The van der Waals surface area contributed by atoms with Gasteiger partial charge in [-0.25, -0.2) is 0 Å². The summed E-state index contributed by atoms with van der Waals surface area (Å²) in [6, 6.07) is 7.49. The number of hydrogen-bond acceptors (Lipinski definition) is 3. The zero-order valence-electron chi connectivity index (χ0n) is 11.7. The fraction of sp³-hybridized carbons (Fsp3) is 0.400. The standard InChI is InChI=1S/C15H20N4O/c1-2-14(19-12-6-11-18-19)15(20)17-10-5-8-13-7-3-4-9-16-13/h3-4,6-7,9,11-12,14H,2,5,8,10H2,1H3,(H,17,20)/t14-/m0/s1. The first-order valence-electron chi connectivity index (χ1n) is 6.98. The summed E-state index contributed by atoms with van der Waals surface area (Å²) in [7, 11) is 0. The summed E-state index contributed by atoms with van der Waals surface area (Å²) < 4.78 is 1.70. The Bertz CT molecular complexity index is 510. The van der Waals surface area contributed by atoms with Crippen molar-refractivity contribution in [1.82, 2.24) is 20.1 Å². The second kappa shape index (κ2) is 7.43. The van der Waals surface area contributed by atoms with E-state index in [-0.39, 0.29) is 11.9 Å². The van der Waals surface area contributed by atoms with Gasteiger partial charge in [-0.15, -0.1) is 0 Å². The lowest BCUT2D eigenvalue weighted by molar-refractivity contribution is -0.124. The zero-order chi connectivity index (χ0) is 14.2. The molecule has 5 nitrogen and oxygen atoms in total. The summed E-state index contributed by atoms with van der Waals surface area (Å²) >= 11 is 0. The minimum absolute atomic E-state index is 0.0252. The molecule has 1 amide bonds. The molecule has 106 valence electrons. The van der Waals surface area contributed by atoms with Gasteiger partial charge in [0.1, 0.15) is 6.04 Å². The van der Waals surface area contributed by atoms with Crippen LogP contribution >= 0.6 is 0 Å². The largest absolute Gasteiger partial charge is 0.354 e. The molecule has 1 atom stereocenters. The Morgan fingerprint density at radius 2 is 2.25 bits per heavy atom. The summed E-state index contributed by atoms with van der Waals surface area (Å²) in [5.41, 5.74) is 1.06. The number of hydrogen-bond donors (Lipinski definition) is 1. The van der Waals surface area contributed by atoms with Crippen molar-refractivity contribution in [3.63, 3.8) is 0 Å². The predicted molar refractivity (Wildman–Crippen MR) is 77.1 cm³/mol. The van der Waals surface area contributed by atoms with Crippen molar-refractivity contribution in [2.75, 3.05) is 6.54 Å². The number of amides is 1. The van der Waals surface area contributed by atoms with E-state index >= 15 is 0 Å². The molecule has 2 aromatic heterocycles. The highest BCUT2D eigenvalue weighted by molar-refractivity contribution is 5.80. The molecule has 0 radical (unpaired) electrons. The number of carbonyl (C=O) groups excluding carboxylic acids is 1. The SMILES string of the molecule is CC[C@@H](C(=O)NCCCc1ccccn1)n1cccn1. The van der Waals surface area contributed by atoms with Gasteiger partial charge in [-0.2, -0.15) is 5.10 Å². The zero-order valence-corrected chi connectivity index (χ0v) is 11.7. The molecule has 0 aromatic carbocycles. The van der Waals surface area contributed by atoms with Gasteiger partial charge in [-0.3, -0.25) is 14.5 Å². The van der Waals surface area contributed by atoms with Crippen molar-refractivity contribution in [3.8, 4) is 0 Å². The van der Waals surface area contributed by atoms with Crippen LogP contribution in [0.3, 0.4) is 0 Å². The molecule has 2 heterocycles. The minimum atomic E-state index is -0.222. The smallest absolute Gasteiger partial charge is 0.244 e. The van der Waals surface area contributed by atoms with E-state index in [2.05, 4.69) is 15.4 Å². The molecule has 0 aliphatic carbocycles. The molecule has 2 aromatic rings. The lowest BCUT2D eigenvalue weighted by Gasteiger charge is -2.15. The molecular formula is C15H20N4O. The predicted octanol–water partition coefficient (Wildman–Crippen LogP) is 1.98. The third kappa shape index (κ3) is 3.91. The molecule has 20 heavy (non-hydrogen) atoms. The maximum Gasteiger partial charge on any atom is 0.244 e. The van der Waals surface area contributed by atoms with Gasteiger partial charge in [0.25, 0.3) is 0 Å². The maximum absolute atomic E-state index is 12.1. The Kier molecular flexibility index (Phi) is 5.29. The number of rotatable bonds is 7. The van der Waals surface area contributed by atoms with Crippen LogP contribution in [0.2, 0.25) is 0 Å². The normalized spacial score (nSPS) is 12.1. The lowest BCUT2D eigenvalue weighted by atomic mass is 10.2. The van der Waals surface area contributed by atoms with Crippen molar-refractivity contribution in [2.24, 2.45) is 0 Å². The van der Waals surface area contributed by atoms with Crippen molar-refractivity contribution in [3.05, 3.63) is 48.5 Å². The first kappa shape index (κ1) is 14.2. The number of nitrogens with one attached hydrogen (secondary N) is 1. The van der Waals surface area contributed by atoms with Gasteiger partial charge in [0, 0.05) is 30.8 Å². The molecule has 0 saturated heterocycles. The molecule has 5 heteroatoms. The number of carbonyl (C=O) groups is 1. The van der Waals surface area contributed by atoms with E-state index in [1.54, 1.807) is 17.1 Å². The molecule has 0 bridgehead atoms. The van der Waals surface area contributed by atoms with Gasteiger partial charge >= 0.3 is 0 Å². The number of nitrogens with zero attached hydrogens (tertiary/aromatic N) is 3. The van der Waals surface area contributed by atoms with Crippen LogP contribution in [0.25, 0.3) is 0 Å². The van der Waals surface area contributed by atoms with Crippen molar-refractivity contribution in [1.29, 1.82) is 0 Å². The van der Waals surface area contributed by atoms with Gasteiger partial charge in [0.2, 0.25) is 5.91 Å². The summed E-state index contributed by atoms with van der Waals surface area (Å²) in [5, 5.41) is 7.09. The average molecular weight is 272 g/mol. The third-order valence-corrected chi connectivity index (χ3v) is 3.17. The maximum atomic E-state index is 12.1. The Morgan fingerprint density at radius 3 is 2.90 bits per heavy atom. The Balaban J connectivity index is 1.74. The second-order valence-electron chi connectivity index (χ2n) is 4.63. The second-order valence-corrected chi connectivity index (χ2v) is 4.63. The number of pyridine rings is 1. The average Bonchev–Trinajstić information content (AvgIpc) is 2.99. The van der Waals surface area contributed by atoms with E-state index in [1.165, 1.54) is 0 Å². The van der Waals surface area contributed by atoms with Gasteiger partial charge in [-0.05, 0) is 37.5 Å². The first-order valence-corrected chi connectivity index (χ1v) is 6.98. The van der Waals surface area contributed by atoms with Crippen LogP contribution in [0.1, 0.15) is 31.5 Å². The quantitative estimate of drug-likeness (QED) is 0.784. The fourth-order valence-electron chi connectivity index (χ4n) is 2.10. The Hall–Kier alpha value is -2.17. The van der Waals surface area contributed by atoms with Crippen molar-refractivity contribution in [2.45, 2.75) is 32.2 Å². The molecular weight excluding hydrogens is 252 g/mol. The monoisotopic (exact) mass is 272 g/mol. The van der Waals surface area contributed by atoms with Crippen LogP contribution in [0.15, 0.2) is 42.9 Å². The summed E-state index contributed by atoms with van der Waals surface area (Å²) in [5.74, 6) is 0.0252. The summed E-state index contributed by atoms with van der Waals surface area (Å²) in [4.78, 5) is 16.4. The molecule has 0 unspecified atom stereocenters. The van der Waals surface area contributed by atoms with Crippen LogP contribution in [0, 0.1) is 0 Å². The van der Waals surface area contributed by atoms with Crippen LogP contribution in [-0.4, -0.2) is 27.2 Å². The summed E-state index contributed by atoms with van der Waals surface area (Å²) in [6.45, 7) is 2.65. The van der Waals surface area contributed by atoms with Gasteiger partial charge in [0.15, 0.2) is 0 Å². The number of aryl methyl sites for hydroxylation is 1. The van der Waals surface area contributed by atoms with E-state index in [1.807, 2.05) is 37.4 Å². The van der Waals surface area contributed by atoms with E-state index in [4.69, 9.17) is 0 Å². The molecule has 0 aliphatic rings. The highest BCUT2D eigenvalue weighted by Gasteiger charge is 2.17. The fourth-order valence-corrected chi connectivity index (χ4v) is 2.10. The number of aromatic nitrogens is 3. The molecule has 0 spiro atoms. The topological polar surface area (TPSA) is 59.8 Å². The van der Waals surface area contributed by atoms with E-state index in [0.29, 0.717) is 6.54 Å². The van der Waals surface area contributed by atoms with Crippen molar-refractivity contribution >= 4 is 5.91 Å². The summed E-state index contributed by atoms with van der Waals surface area (Å²) in [6.07, 6.45) is 7.79. The highest BCUT2D eigenvalue weighted by atomic mass is 16.2. The van der Waals surface area contributed by atoms with Gasteiger partial charge < -0.3 is 5.32 Å². The van der Waals surface area contributed by atoms with Crippen molar-refractivity contribution < 1.29 is 4.79 Å². The van der Waals surface area contributed by atoms with Gasteiger partial charge in [0.05, 0.1) is 0 Å². The Morgan fingerprint density at radius 1 is 1.35 bits per heavy atom. The van der Waals surface area contributed by atoms with Crippen LogP contribution in [0.5, 0.6) is 0 Å². The molecule has 2 rings (SSSR count). The van der Waals surface area contributed by atoms with Crippen LogP contribution in [-0.2, 0) is 11.2 Å². The van der Waals surface area contributed by atoms with Crippen LogP contribution in [0.4, 0.5) is 0 Å². The first-order chi connectivity index (χ1) is 9.81. The molecule has 0 fully saturated rings. The van der Waals surface area contributed by atoms with E-state index in [0.717, 1.165) is 25.0 Å². The minimum Gasteiger partial charge on any atom is -0.354 e. The highest BCUT2D eigenvalue weighted by Crippen LogP contribution is 2.09. The van der Waals surface area contributed by atoms with Crippen LogP contribution < -0.4 is 5.32 Å². The molecule has 1 N–H and O–H groups in total. The van der Waals surface area contributed by atoms with E-state index in [9.17, 15) is 4.79 Å². The molecule has 0 aliphatic heterocycles.